The summed E-state index contributed by atoms with van der Waals surface area (Å²) in [6.07, 6.45) is 2.24. The number of carbonyl (C=O) groups excluding carboxylic acids is 1. The molecule has 1 heterocycles. The Morgan fingerprint density at radius 2 is 2.00 bits per heavy atom. The Balaban J connectivity index is 2.15. The molecule has 3 aromatic rings. The minimum absolute atomic E-state index is 0.483. The maximum atomic E-state index is 10.7. The van der Waals surface area contributed by atoms with Gasteiger partial charge in [0.15, 0.2) is 0 Å². The van der Waals surface area contributed by atoms with Crippen LogP contribution in [0.4, 0.5) is 5.69 Å². The fraction of sp³-hybridized carbons (Fsp3) is 0.222. The molecule has 0 aliphatic carbocycles. The van der Waals surface area contributed by atoms with Gasteiger partial charge in [-0.2, -0.15) is 0 Å². The number of carbonyl (C=O) groups is 1. The largest absolute Gasteiger partial charge is 0.327 e. The van der Waals surface area contributed by atoms with Crippen molar-refractivity contribution in [3.63, 3.8) is 0 Å². The smallest absolute Gasteiger partial charge is 0.211 e. The van der Waals surface area contributed by atoms with Crippen molar-refractivity contribution in [3.8, 4) is 5.69 Å². The Morgan fingerprint density at radius 3 is 2.62 bits per heavy atom. The first-order chi connectivity index (χ1) is 11.7. The van der Waals surface area contributed by atoms with Crippen molar-refractivity contribution in [1.29, 1.82) is 0 Å². The van der Waals surface area contributed by atoms with E-state index >= 15 is 0 Å². The zero-order valence-electron chi connectivity index (χ0n) is 13.2. The molecule has 1 N–H and O–H groups in total. The van der Waals surface area contributed by atoms with E-state index in [2.05, 4.69) is 46.1 Å². The van der Waals surface area contributed by atoms with Crippen molar-refractivity contribution < 1.29 is 4.79 Å². The van der Waals surface area contributed by atoms with E-state index in [9.17, 15) is 4.79 Å². The predicted molar refractivity (Wildman–Crippen MR) is 99.6 cm³/mol. The van der Waals surface area contributed by atoms with E-state index in [-0.39, 0.29) is 0 Å². The Hall–Kier alpha value is -2.04. The van der Waals surface area contributed by atoms with E-state index in [1.807, 2.05) is 6.07 Å². The SMILES string of the molecule is CCc1nc2cc(NC=O)c(Cl)cc2n1-c1ccc(CCCl)cc1. The van der Waals surface area contributed by atoms with Crippen LogP contribution >= 0.6 is 23.2 Å². The van der Waals surface area contributed by atoms with Crippen LogP contribution < -0.4 is 5.32 Å². The third-order valence-electron chi connectivity index (χ3n) is 3.92. The number of halogens is 2. The Labute approximate surface area is 150 Å². The van der Waals surface area contributed by atoms with Crippen LogP contribution in [0.2, 0.25) is 5.02 Å². The van der Waals surface area contributed by atoms with Gasteiger partial charge in [-0.25, -0.2) is 4.98 Å². The zero-order chi connectivity index (χ0) is 17.1. The Kier molecular flexibility index (Phi) is 5.07. The van der Waals surface area contributed by atoms with Crippen molar-refractivity contribution in [2.24, 2.45) is 0 Å². The van der Waals surface area contributed by atoms with E-state index in [1.54, 1.807) is 6.07 Å². The number of alkyl halides is 1. The van der Waals surface area contributed by atoms with Gasteiger partial charge in [0.25, 0.3) is 0 Å². The highest BCUT2D eigenvalue weighted by Gasteiger charge is 2.14. The van der Waals surface area contributed by atoms with E-state index in [1.165, 1.54) is 5.56 Å². The lowest BCUT2D eigenvalue weighted by molar-refractivity contribution is -0.105. The van der Waals surface area contributed by atoms with Gasteiger partial charge in [-0.3, -0.25) is 9.36 Å². The number of anilines is 1. The molecule has 24 heavy (non-hydrogen) atoms. The minimum Gasteiger partial charge on any atom is -0.327 e. The van der Waals surface area contributed by atoms with Gasteiger partial charge < -0.3 is 5.32 Å². The maximum absolute atomic E-state index is 10.7. The second kappa shape index (κ2) is 7.24. The van der Waals surface area contributed by atoms with E-state index in [4.69, 9.17) is 23.2 Å². The number of imidazole rings is 1. The summed E-state index contributed by atoms with van der Waals surface area (Å²) in [7, 11) is 0. The maximum Gasteiger partial charge on any atom is 0.211 e. The fourth-order valence-corrected chi connectivity index (χ4v) is 3.20. The molecule has 0 spiro atoms. The van der Waals surface area contributed by atoms with Gasteiger partial charge in [0.2, 0.25) is 6.41 Å². The number of hydrogen-bond donors (Lipinski definition) is 1. The number of aromatic nitrogens is 2. The van der Waals surface area contributed by atoms with Crippen molar-refractivity contribution in [2.75, 3.05) is 11.2 Å². The molecule has 0 atom stereocenters. The van der Waals surface area contributed by atoms with Gasteiger partial charge >= 0.3 is 0 Å². The van der Waals surface area contributed by atoms with Crippen LogP contribution in [0.25, 0.3) is 16.7 Å². The summed E-state index contributed by atoms with van der Waals surface area (Å²) in [6, 6.07) is 11.9. The second-order valence-corrected chi connectivity index (χ2v) is 6.19. The molecule has 0 radical (unpaired) electrons. The number of amides is 1. The number of aryl methyl sites for hydroxylation is 2. The van der Waals surface area contributed by atoms with E-state index < -0.39 is 0 Å². The molecule has 2 aromatic carbocycles. The quantitative estimate of drug-likeness (QED) is 0.515. The molecule has 0 aliphatic rings. The minimum atomic E-state index is 0.483. The van der Waals surface area contributed by atoms with E-state index in [0.717, 1.165) is 35.4 Å². The van der Waals surface area contributed by atoms with Crippen molar-refractivity contribution >= 4 is 46.3 Å². The summed E-state index contributed by atoms with van der Waals surface area (Å²) in [5.74, 6) is 1.55. The Morgan fingerprint density at radius 1 is 1.25 bits per heavy atom. The van der Waals surface area contributed by atoms with Gasteiger partial charge in [0.1, 0.15) is 5.82 Å². The molecule has 0 saturated carbocycles. The predicted octanol–water partition coefficient (Wildman–Crippen LogP) is 4.59. The highest BCUT2D eigenvalue weighted by Crippen LogP contribution is 2.30. The molecule has 1 amide bonds. The molecule has 0 unspecified atom stereocenters. The molecule has 124 valence electrons. The molecule has 3 rings (SSSR count). The van der Waals surface area contributed by atoms with Crippen LogP contribution in [0.5, 0.6) is 0 Å². The number of rotatable bonds is 6. The van der Waals surface area contributed by atoms with Gasteiger partial charge in [-0.1, -0.05) is 30.7 Å². The van der Waals surface area contributed by atoms with Crippen LogP contribution in [0, 0.1) is 0 Å². The average molecular weight is 362 g/mol. The monoisotopic (exact) mass is 361 g/mol. The molecular formula is C18H17Cl2N3O. The topological polar surface area (TPSA) is 46.9 Å². The van der Waals surface area contributed by atoms with Crippen molar-refractivity contribution in [2.45, 2.75) is 19.8 Å². The van der Waals surface area contributed by atoms with Crippen LogP contribution in [0.3, 0.4) is 0 Å². The molecule has 4 nitrogen and oxygen atoms in total. The molecular weight excluding hydrogens is 345 g/mol. The standard InChI is InChI=1S/C18H17Cl2N3O/c1-2-18-22-16-10-15(21-11-24)14(20)9-17(16)23(18)13-5-3-12(4-6-13)7-8-19/h3-6,9-11H,2,7-8H2,1H3,(H,21,24). The van der Waals surface area contributed by atoms with Gasteiger partial charge in [0.05, 0.1) is 21.7 Å². The van der Waals surface area contributed by atoms with E-state index in [0.29, 0.717) is 23.0 Å². The second-order valence-electron chi connectivity index (χ2n) is 5.41. The first-order valence-electron chi connectivity index (χ1n) is 7.74. The summed E-state index contributed by atoms with van der Waals surface area (Å²) in [5.41, 5.74) is 4.50. The molecule has 6 heteroatoms. The number of nitrogens with zero attached hydrogens (tertiary/aromatic N) is 2. The first kappa shape index (κ1) is 16.8. The molecule has 0 fully saturated rings. The summed E-state index contributed by atoms with van der Waals surface area (Å²) < 4.78 is 2.09. The molecule has 0 bridgehead atoms. The van der Waals surface area contributed by atoms with Gasteiger partial charge in [-0.15, -0.1) is 11.6 Å². The number of nitrogens with one attached hydrogen (secondary N) is 1. The zero-order valence-corrected chi connectivity index (χ0v) is 14.7. The van der Waals surface area contributed by atoms with Crippen LogP contribution in [0.15, 0.2) is 36.4 Å². The third-order valence-corrected chi connectivity index (χ3v) is 4.42. The lowest BCUT2D eigenvalue weighted by Gasteiger charge is -2.10. The van der Waals surface area contributed by atoms with Gasteiger partial charge in [-0.05, 0) is 36.2 Å². The number of benzene rings is 2. The summed E-state index contributed by atoms with van der Waals surface area (Å²) in [5, 5.41) is 3.09. The lowest BCUT2D eigenvalue weighted by atomic mass is 10.1. The summed E-state index contributed by atoms with van der Waals surface area (Å²) in [6.45, 7) is 2.06. The normalized spacial score (nSPS) is 11.0. The molecule has 0 saturated heterocycles. The average Bonchev–Trinajstić information content (AvgIpc) is 2.94. The first-order valence-corrected chi connectivity index (χ1v) is 8.65. The van der Waals surface area contributed by atoms with Crippen molar-refractivity contribution in [1.82, 2.24) is 9.55 Å². The summed E-state index contributed by atoms with van der Waals surface area (Å²) >= 11 is 12.1. The summed E-state index contributed by atoms with van der Waals surface area (Å²) in [4.78, 5) is 15.4. The molecule has 1 aromatic heterocycles. The highest BCUT2D eigenvalue weighted by atomic mass is 35.5. The lowest BCUT2D eigenvalue weighted by Crippen LogP contribution is -2.00. The van der Waals surface area contributed by atoms with Crippen LogP contribution in [-0.4, -0.2) is 21.8 Å². The molecule has 0 aliphatic heterocycles. The Bertz CT molecular complexity index is 872. The van der Waals surface area contributed by atoms with Crippen LogP contribution in [0.1, 0.15) is 18.3 Å². The number of fused-ring (bicyclic) bond motifs is 1. The fourth-order valence-electron chi connectivity index (χ4n) is 2.77. The number of hydrogen-bond acceptors (Lipinski definition) is 2. The van der Waals surface area contributed by atoms with Crippen molar-refractivity contribution in [3.05, 3.63) is 52.8 Å². The van der Waals surface area contributed by atoms with Crippen LogP contribution in [-0.2, 0) is 17.6 Å². The van der Waals surface area contributed by atoms with Gasteiger partial charge in [0, 0.05) is 18.0 Å². The third kappa shape index (κ3) is 3.12. The highest BCUT2D eigenvalue weighted by molar-refractivity contribution is 6.34.